The van der Waals surface area contributed by atoms with Gasteiger partial charge < -0.3 is 20.4 Å². The zero-order valence-electron chi connectivity index (χ0n) is 19.2. The summed E-state index contributed by atoms with van der Waals surface area (Å²) in [5.74, 6) is 1.61. The van der Waals surface area contributed by atoms with Crippen LogP contribution in [0.5, 0.6) is 0 Å². The summed E-state index contributed by atoms with van der Waals surface area (Å²) in [5, 5.41) is 6.70. The predicted octanol–water partition coefficient (Wildman–Crippen LogP) is 3.49. The van der Waals surface area contributed by atoms with E-state index in [1.54, 1.807) is 26.0 Å². The van der Waals surface area contributed by atoms with Gasteiger partial charge in [-0.2, -0.15) is 0 Å². The Hall–Kier alpha value is -3.02. The number of anilines is 1. The smallest absolute Gasteiger partial charge is 0.253 e. The highest BCUT2D eigenvalue weighted by molar-refractivity contribution is 5.93. The van der Waals surface area contributed by atoms with Gasteiger partial charge in [0, 0.05) is 58.6 Å². The number of carbonyl (C=O) groups is 1. The first-order chi connectivity index (χ1) is 15.0. The molecule has 1 amide bonds. The molecule has 0 aromatic heterocycles. The predicted molar refractivity (Wildman–Crippen MR) is 129 cm³/mol. The molecular weight excluding hydrogens is 386 g/mol. The first-order valence-electron chi connectivity index (χ1n) is 11.0. The van der Waals surface area contributed by atoms with Gasteiger partial charge >= 0.3 is 0 Å². The summed E-state index contributed by atoms with van der Waals surface area (Å²) < 4.78 is 0. The number of nitrogens with one attached hydrogen (secondary N) is 2. The van der Waals surface area contributed by atoms with Crippen molar-refractivity contribution in [3.05, 3.63) is 65.2 Å². The SMILES string of the molecule is CN=C(NCc1ccc(C(=O)N(C)C)cc1)NCc1ccc(N2CCC(C)CC2)cc1. The van der Waals surface area contributed by atoms with Crippen molar-refractivity contribution in [2.45, 2.75) is 32.9 Å². The molecule has 0 radical (unpaired) electrons. The molecule has 166 valence electrons. The quantitative estimate of drug-likeness (QED) is 0.554. The molecule has 0 aliphatic carbocycles. The zero-order chi connectivity index (χ0) is 22.2. The molecule has 1 heterocycles. The molecular formula is C25H35N5O. The van der Waals surface area contributed by atoms with Crippen molar-refractivity contribution in [3.8, 4) is 0 Å². The highest BCUT2D eigenvalue weighted by atomic mass is 16.2. The molecule has 0 spiro atoms. The van der Waals surface area contributed by atoms with Gasteiger partial charge in [0.1, 0.15) is 0 Å². The van der Waals surface area contributed by atoms with Crippen LogP contribution in [0.2, 0.25) is 0 Å². The summed E-state index contributed by atoms with van der Waals surface area (Å²) in [6, 6.07) is 16.5. The number of aliphatic imine (C=N–C) groups is 1. The van der Waals surface area contributed by atoms with Crippen molar-refractivity contribution in [1.29, 1.82) is 0 Å². The van der Waals surface area contributed by atoms with Crippen LogP contribution in [-0.2, 0) is 13.1 Å². The molecule has 1 aliphatic rings. The Kier molecular flexibility index (Phi) is 7.93. The summed E-state index contributed by atoms with van der Waals surface area (Å²) in [7, 11) is 5.29. The summed E-state index contributed by atoms with van der Waals surface area (Å²) in [5.41, 5.74) is 4.33. The maximum Gasteiger partial charge on any atom is 0.253 e. The van der Waals surface area contributed by atoms with E-state index in [1.807, 2.05) is 24.3 Å². The standard InChI is InChI=1S/C25H35N5O/c1-19-13-15-30(16-14-19)23-11-7-21(8-12-23)18-28-25(26-2)27-17-20-5-9-22(10-6-20)24(31)29(3)4/h5-12,19H,13-18H2,1-4H3,(H2,26,27,28). The Bertz CT molecular complexity index is 866. The molecule has 2 aromatic rings. The number of guanidine groups is 1. The number of benzene rings is 2. The molecule has 1 saturated heterocycles. The maximum atomic E-state index is 12.0. The van der Waals surface area contributed by atoms with E-state index in [1.165, 1.54) is 24.1 Å². The number of rotatable bonds is 6. The Morgan fingerprint density at radius 2 is 1.48 bits per heavy atom. The highest BCUT2D eigenvalue weighted by Crippen LogP contribution is 2.23. The monoisotopic (exact) mass is 421 g/mol. The van der Waals surface area contributed by atoms with Crippen LogP contribution in [0.4, 0.5) is 5.69 Å². The van der Waals surface area contributed by atoms with Gasteiger partial charge in [-0.3, -0.25) is 9.79 Å². The van der Waals surface area contributed by atoms with Crippen molar-refractivity contribution in [1.82, 2.24) is 15.5 Å². The third kappa shape index (κ3) is 6.48. The van der Waals surface area contributed by atoms with E-state index in [-0.39, 0.29) is 5.91 Å². The molecule has 2 aromatic carbocycles. The number of piperidine rings is 1. The normalized spacial score (nSPS) is 15.0. The van der Waals surface area contributed by atoms with Crippen LogP contribution < -0.4 is 15.5 Å². The first-order valence-corrected chi connectivity index (χ1v) is 11.0. The zero-order valence-corrected chi connectivity index (χ0v) is 19.2. The second-order valence-corrected chi connectivity index (χ2v) is 8.51. The van der Waals surface area contributed by atoms with Crippen molar-refractivity contribution in [3.63, 3.8) is 0 Å². The lowest BCUT2D eigenvalue weighted by molar-refractivity contribution is 0.0827. The summed E-state index contributed by atoms with van der Waals surface area (Å²) in [6.07, 6.45) is 2.56. The Balaban J connectivity index is 1.46. The third-order valence-corrected chi connectivity index (χ3v) is 5.84. The van der Waals surface area contributed by atoms with Crippen LogP contribution in [0.3, 0.4) is 0 Å². The second kappa shape index (κ2) is 10.8. The first kappa shape index (κ1) is 22.7. The van der Waals surface area contributed by atoms with Crippen LogP contribution in [0.15, 0.2) is 53.5 Å². The van der Waals surface area contributed by atoms with Crippen LogP contribution >= 0.6 is 0 Å². The Morgan fingerprint density at radius 3 is 1.97 bits per heavy atom. The Morgan fingerprint density at radius 1 is 0.968 bits per heavy atom. The molecule has 1 aliphatic heterocycles. The summed E-state index contributed by atoms with van der Waals surface area (Å²) in [6.45, 7) is 6.00. The molecule has 6 heteroatoms. The van der Waals surface area contributed by atoms with E-state index in [4.69, 9.17) is 0 Å². The topological polar surface area (TPSA) is 60.0 Å². The van der Waals surface area contributed by atoms with E-state index in [2.05, 4.69) is 51.7 Å². The maximum absolute atomic E-state index is 12.0. The van der Waals surface area contributed by atoms with E-state index in [9.17, 15) is 4.79 Å². The van der Waals surface area contributed by atoms with Gasteiger partial charge in [-0.1, -0.05) is 31.2 Å². The fourth-order valence-corrected chi connectivity index (χ4v) is 3.71. The van der Waals surface area contributed by atoms with Gasteiger partial charge in [-0.25, -0.2) is 0 Å². The average molecular weight is 422 g/mol. The fraction of sp³-hybridized carbons (Fsp3) is 0.440. The minimum atomic E-state index is 0.0119. The van der Waals surface area contributed by atoms with E-state index < -0.39 is 0 Å². The molecule has 2 N–H and O–H groups in total. The van der Waals surface area contributed by atoms with E-state index >= 15 is 0 Å². The van der Waals surface area contributed by atoms with E-state index in [0.29, 0.717) is 18.7 Å². The number of amides is 1. The minimum absolute atomic E-state index is 0.0119. The minimum Gasteiger partial charge on any atom is -0.372 e. The summed E-state index contributed by atoms with van der Waals surface area (Å²) in [4.78, 5) is 20.4. The van der Waals surface area contributed by atoms with Gasteiger partial charge in [-0.05, 0) is 54.2 Å². The average Bonchev–Trinajstić information content (AvgIpc) is 2.80. The molecule has 31 heavy (non-hydrogen) atoms. The lowest BCUT2D eigenvalue weighted by Gasteiger charge is -2.32. The fourth-order valence-electron chi connectivity index (χ4n) is 3.71. The second-order valence-electron chi connectivity index (χ2n) is 8.51. The molecule has 1 fully saturated rings. The van der Waals surface area contributed by atoms with Gasteiger partial charge in [0.25, 0.3) is 5.91 Å². The molecule has 0 bridgehead atoms. The molecule has 0 unspecified atom stereocenters. The van der Waals surface area contributed by atoms with Crippen LogP contribution in [0.1, 0.15) is 41.3 Å². The summed E-state index contributed by atoms with van der Waals surface area (Å²) >= 11 is 0. The van der Waals surface area contributed by atoms with Crippen LogP contribution in [0.25, 0.3) is 0 Å². The number of hydrogen-bond acceptors (Lipinski definition) is 3. The number of hydrogen-bond donors (Lipinski definition) is 2. The van der Waals surface area contributed by atoms with E-state index in [0.717, 1.165) is 30.5 Å². The lowest BCUT2D eigenvalue weighted by Crippen LogP contribution is -2.36. The van der Waals surface area contributed by atoms with Gasteiger partial charge in [0.15, 0.2) is 5.96 Å². The van der Waals surface area contributed by atoms with Crippen molar-refractivity contribution in [2.24, 2.45) is 10.9 Å². The van der Waals surface area contributed by atoms with Crippen LogP contribution in [0, 0.1) is 5.92 Å². The van der Waals surface area contributed by atoms with Crippen molar-refractivity contribution >= 4 is 17.6 Å². The van der Waals surface area contributed by atoms with Crippen molar-refractivity contribution < 1.29 is 4.79 Å². The molecule has 0 saturated carbocycles. The van der Waals surface area contributed by atoms with Crippen LogP contribution in [-0.4, -0.2) is 51.0 Å². The van der Waals surface area contributed by atoms with Gasteiger partial charge in [0.2, 0.25) is 0 Å². The number of carbonyl (C=O) groups excluding carboxylic acids is 1. The highest BCUT2D eigenvalue weighted by Gasteiger charge is 2.15. The molecule has 0 atom stereocenters. The molecule has 6 nitrogen and oxygen atoms in total. The largest absolute Gasteiger partial charge is 0.372 e. The van der Waals surface area contributed by atoms with Gasteiger partial charge in [0.05, 0.1) is 0 Å². The number of nitrogens with zero attached hydrogens (tertiary/aromatic N) is 3. The molecule has 3 rings (SSSR count). The Labute approximate surface area is 186 Å². The van der Waals surface area contributed by atoms with Crippen molar-refractivity contribution in [2.75, 3.05) is 39.1 Å². The van der Waals surface area contributed by atoms with Gasteiger partial charge in [-0.15, -0.1) is 0 Å². The third-order valence-electron chi connectivity index (χ3n) is 5.84. The lowest BCUT2D eigenvalue weighted by atomic mass is 9.99.